The number of nitrogens with two attached hydrogens (primary N) is 1. The fourth-order valence-electron chi connectivity index (χ4n) is 2.35. The van der Waals surface area contributed by atoms with E-state index in [0.29, 0.717) is 0 Å². The first-order valence-electron chi connectivity index (χ1n) is 6.80. The Morgan fingerprint density at radius 1 is 1.09 bits per heavy atom. The summed E-state index contributed by atoms with van der Waals surface area (Å²) in [4.78, 5) is 34.1. The minimum Gasteiger partial charge on any atom is -0.456 e. The van der Waals surface area contributed by atoms with E-state index in [2.05, 4.69) is 5.32 Å². The van der Waals surface area contributed by atoms with E-state index in [1.165, 1.54) is 27.9 Å². The summed E-state index contributed by atoms with van der Waals surface area (Å²) in [5.74, 6) is -1.55. The maximum absolute atomic E-state index is 11.4. The number of amides is 1. The third kappa shape index (κ3) is 4.65. The minimum absolute atomic E-state index is 0.0162. The van der Waals surface area contributed by atoms with Crippen molar-refractivity contribution in [3.63, 3.8) is 0 Å². The molecule has 1 saturated heterocycles. The van der Waals surface area contributed by atoms with Crippen LogP contribution in [-0.2, 0) is 33.3 Å². The van der Waals surface area contributed by atoms with Crippen molar-refractivity contribution in [1.82, 2.24) is 5.32 Å². The second kappa shape index (κ2) is 8.06. The van der Waals surface area contributed by atoms with Crippen molar-refractivity contribution in [3.05, 3.63) is 0 Å². The van der Waals surface area contributed by atoms with Gasteiger partial charge in [0.1, 0.15) is 12.1 Å². The lowest BCUT2D eigenvalue weighted by Gasteiger charge is -2.44. The van der Waals surface area contributed by atoms with Crippen molar-refractivity contribution in [2.75, 3.05) is 13.7 Å². The van der Waals surface area contributed by atoms with Gasteiger partial charge in [-0.15, -0.1) is 0 Å². The van der Waals surface area contributed by atoms with E-state index >= 15 is 0 Å². The van der Waals surface area contributed by atoms with Crippen LogP contribution in [0.15, 0.2) is 0 Å². The summed E-state index contributed by atoms with van der Waals surface area (Å²) in [5, 5.41) is 2.59. The second-order valence-electron chi connectivity index (χ2n) is 4.89. The number of esters is 2. The fraction of sp³-hybridized carbons (Fsp3) is 0.769. The third-order valence-electron chi connectivity index (χ3n) is 3.08. The summed E-state index contributed by atoms with van der Waals surface area (Å²) in [6, 6.07) is -0.835. The van der Waals surface area contributed by atoms with Crippen LogP contribution in [-0.4, -0.2) is 62.1 Å². The molecular formula is C13H22N2O7. The molecule has 1 heterocycles. The average molecular weight is 318 g/mol. The van der Waals surface area contributed by atoms with Gasteiger partial charge in [0.05, 0.1) is 0 Å². The zero-order valence-corrected chi connectivity index (χ0v) is 13.0. The Labute approximate surface area is 128 Å². The number of ether oxygens (including phenoxy) is 4. The molecule has 5 atom stereocenters. The lowest BCUT2D eigenvalue weighted by Crippen LogP contribution is -2.66. The first-order chi connectivity index (χ1) is 10.3. The van der Waals surface area contributed by atoms with Crippen LogP contribution >= 0.6 is 0 Å². The molecule has 0 aromatic rings. The molecule has 5 unspecified atom stereocenters. The highest BCUT2D eigenvalue weighted by atomic mass is 16.7. The lowest BCUT2D eigenvalue weighted by atomic mass is 9.96. The summed E-state index contributed by atoms with van der Waals surface area (Å²) in [6.45, 7) is 3.74. The molecule has 3 N–H and O–H groups in total. The van der Waals surface area contributed by atoms with Gasteiger partial charge in [0, 0.05) is 34.4 Å². The Kier molecular flexibility index (Phi) is 6.72. The first kappa shape index (κ1) is 18.3. The van der Waals surface area contributed by atoms with E-state index in [1.807, 2.05) is 0 Å². The van der Waals surface area contributed by atoms with Crippen molar-refractivity contribution < 1.29 is 33.3 Å². The molecule has 1 aliphatic rings. The highest BCUT2D eigenvalue weighted by molar-refractivity contribution is 5.73. The number of methoxy groups -OCH3 is 1. The van der Waals surface area contributed by atoms with Crippen molar-refractivity contribution in [2.45, 2.75) is 51.4 Å². The summed E-state index contributed by atoms with van der Waals surface area (Å²) < 4.78 is 21.2. The maximum Gasteiger partial charge on any atom is 0.303 e. The molecule has 22 heavy (non-hydrogen) atoms. The quantitative estimate of drug-likeness (QED) is 0.598. The van der Waals surface area contributed by atoms with Crippen molar-refractivity contribution in [2.24, 2.45) is 5.73 Å². The zero-order chi connectivity index (χ0) is 16.9. The van der Waals surface area contributed by atoms with Crippen molar-refractivity contribution in [3.8, 4) is 0 Å². The van der Waals surface area contributed by atoms with Crippen LogP contribution in [0.25, 0.3) is 0 Å². The summed E-state index contributed by atoms with van der Waals surface area (Å²) >= 11 is 0. The highest BCUT2D eigenvalue weighted by Gasteiger charge is 2.50. The van der Waals surface area contributed by atoms with Gasteiger partial charge in [-0.2, -0.15) is 0 Å². The number of hydrogen-bond acceptors (Lipinski definition) is 8. The van der Waals surface area contributed by atoms with E-state index in [0.717, 1.165) is 0 Å². The molecule has 0 saturated carbocycles. The molecule has 1 amide bonds. The van der Waals surface area contributed by atoms with E-state index in [-0.39, 0.29) is 12.5 Å². The highest BCUT2D eigenvalue weighted by Crippen LogP contribution is 2.26. The Hall–Kier alpha value is -1.71. The van der Waals surface area contributed by atoms with Crippen LogP contribution in [0.2, 0.25) is 0 Å². The van der Waals surface area contributed by atoms with Gasteiger partial charge < -0.3 is 30.0 Å². The summed E-state index contributed by atoms with van der Waals surface area (Å²) in [7, 11) is 1.38. The molecule has 9 heteroatoms. The standard InChI is InChI=1S/C13H22N2O7/c1-6(16)15-10-12(21-8(3)18)11(20-7(2)17)9(5-14)22-13(10)19-4/h9-13H,5,14H2,1-4H3,(H,15,16). The third-order valence-corrected chi connectivity index (χ3v) is 3.08. The summed E-state index contributed by atoms with van der Waals surface area (Å²) in [5.41, 5.74) is 5.63. The predicted molar refractivity (Wildman–Crippen MR) is 73.4 cm³/mol. The van der Waals surface area contributed by atoms with E-state index in [9.17, 15) is 14.4 Å². The van der Waals surface area contributed by atoms with E-state index < -0.39 is 42.6 Å². The second-order valence-corrected chi connectivity index (χ2v) is 4.89. The largest absolute Gasteiger partial charge is 0.456 e. The van der Waals surface area contributed by atoms with E-state index in [4.69, 9.17) is 24.7 Å². The van der Waals surface area contributed by atoms with Crippen LogP contribution in [0.3, 0.4) is 0 Å². The molecule has 0 spiro atoms. The van der Waals surface area contributed by atoms with Crippen LogP contribution in [0.4, 0.5) is 0 Å². The van der Waals surface area contributed by atoms with Crippen LogP contribution in [0.5, 0.6) is 0 Å². The molecule has 1 aliphatic heterocycles. The normalized spacial score (nSPS) is 31.2. The van der Waals surface area contributed by atoms with Crippen LogP contribution < -0.4 is 11.1 Å². The maximum atomic E-state index is 11.4. The number of hydrogen-bond donors (Lipinski definition) is 2. The SMILES string of the molecule is COC1OC(CN)C(OC(C)=O)C(OC(C)=O)C1NC(C)=O. The van der Waals surface area contributed by atoms with Gasteiger partial charge in [0.2, 0.25) is 5.91 Å². The van der Waals surface area contributed by atoms with Gasteiger partial charge in [0.25, 0.3) is 0 Å². The van der Waals surface area contributed by atoms with Crippen molar-refractivity contribution in [1.29, 1.82) is 0 Å². The Balaban J connectivity index is 3.14. The summed E-state index contributed by atoms with van der Waals surface area (Å²) in [6.07, 6.45) is -3.55. The smallest absolute Gasteiger partial charge is 0.303 e. The molecular weight excluding hydrogens is 296 g/mol. The van der Waals surface area contributed by atoms with Gasteiger partial charge >= 0.3 is 11.9 Å². The average Bonchev–Trinajstić information content (AvgIpc) is 2.41. The van der Waals surface area contributed by atoms with Crippen LogP contribution in [0, 0.1) is 0 Å². The molecule has 1 rings (SSSR count). The number of carbonyl (C=O) groups excluding carboxylic acids is 3. The lowest BCUT2D eigenvalue weighted by molar-refractivity contribution is -0.263. The molecule has 0 aliphatic carbocycles. The molecule has 0 radical (unpaired) electrons. The fourth-order valence-corrected chi connectivity index (χ4v) is 2.35. The number of carbonyl (C=O) groups is 3. The van der Waals surface area contributed by atoms with Crippen LogP contribution in [0.1, 0.15) is 20.8 Å². The van der Waals surface area contributed by atoms with Gasteiger partial charge in [-0.1, -0.05) is 0 Å². The Morgan fingerprint density at radius 2 is 1.64 bits per heavy atom. The monoisotopic (exact) mass is 318 g/mol. The topological polar surface area (TPSA) is 126 Å². The van der Waals surface area contributed by atoms with E-state index in [1.54, 1.807) is 0 Å². The molecule has 0 bridgehead atoms. The Bertz CT molecular complexity index is 399. The number of rotatable bonds is 5. The van der Waals surface area contributed by atoms with Gasteiger partial charge in [-0.05, 0) is 0 Å². The molecule has 1 fully saturated rings. The molecule has 0 aromatic carbocycles. The molecule has 126 valence electrons. The van der Waals surface area contributed by atoms with Gasteiger partial charge in [-0.3, -0.25) is 14.4 Å². The molecule has 9 nitrogen and oxygen atoms in total. The van der Waals surface area contributed by atoms with Gasteiger partial charge in [0.15, 0.2) is 18.5 Å². The minimum atomic E-state index is -0.974. The Morgan fingerprint density at radius 3 is 2.05 bits per heavy atom. The van der Waals surface area contributed by atoms with Crippen molar-refractivity contribution >= 4 is 17.8 Å². The number of nitrogens with one attached hydrogen (secondary N) is 1. The predicted octanol–water partition coefficient (Wildman–Crippen LogP) is -1.32. The first-order valence-corrected chi connectivity index (χ1v) is 6.80. The molecule has 0 aromatic heterocycles. The van der Waals surface area contributed by atoms with Gasteiger partial charge in [-0.25, -0.2) is 0 Å². The zero-order valence-electron chi connectivity index (χ0n) is 13.0.